The van der Waals surface area contributed by atoms with Crippen LogP contribution in [0.25, 0.3) is 22.0 Å². The Hall–Kier alpha value is -3.43. The molecule has 0 fully saturated rings. The van der Waals surface area contributed by atoms with Crippen molar-refractivity contribution in [3.05, 3.63) is 75.6 Å². The number of anilines is 2. The number of nitrogens with one attached hydrogen (secondary N) is 1. The summed E-state index contributed by atoms with van der Waals surface area (Å²) in [6, 6.07) is 13.0. The van der Waals surface area contributed by atoms with Crippen LogP contribution in [0.15, 0.2) is 60.4 Å². The third-order valence-electron chi connectivity index (χ3n) is 3.77. The molecule has 10 heteroatoms. The van der Waals surface area contributed by atoms with Crippen molar-refractivity contribution in [2.24, 2.45) is 0 Å². The monoisotopic (exact) mass is 410 g/mol. The number of hydrogen-bond acceptors (Lipinski definition) is 8. The van der Waals surface area contributed by atoms with E-state index in [4.69, 9.17) is 11.6 Å². The van der Waals surface area contributed by atoms with E-state index < -0.39 is 4.92 Å². The smallest absolute Gasteiger partial charge is 0.334 e. The Kier molecular flexibility index (Phi) is 4.92. The second-order valence-electron chi connectivity index (χ2n) is 5.58. The molecular formula is C18H11ClN6O2S. The van der Waals surface area contributed by atoms with Crippen LogP contribution in [0.4, 0.5) is 17.2 Å². The van der Waals surface area contributed by atoms with Gasteiger partial charge in [0.25, 0.3) is 0 Å². The molecule has 0 saturated heterocycles. The highest BCUT2D eigenvalue weighted by atomic mass is 35.5. The second-order valence-corrected chi connectivity index (χ2v) is 6.79. The average Bonchev–Trinajstić information content (AvgIpc) is 3.19. The summed E-state index contributed by atoms with van der Waals surface area (Å²) in [5.74, 6) is 0.0228. The van der Waals surface area contributed by atoms with Gasteiger partial charge in [-0.3, -0.25) is 15.1 Å². The van der Waals surface area contributed by atoms with Crippen molar-refractivity contribution in [2.75, 3.05) is 5.32 Å². The molecule has 28 heavy (non-hydrogen) atoms. The molecule has 0 aliphatic heterocycles. The summed E-state index contributed by atoms with van der Waals surface area (Å²) in [5, 5.41) is 16.7. The molecule has 3 aromatic heterocycles. The van der Waals surface area contributed by atoms with E-state index in [0.717, 1.165) is 22.0 Å². The second kappa shape index (κ2) is 7.67. The normalized spacial score (nSPS) is 10.6. The van der Waals surface area contributed by atoms with Gasteiger partial charge in [0.15, 0.2) is 0 Å². The third-order valence-corrected chi connectivity index (χ3v) is 4.91. The lowest BCUT2D eigenvalue weighted by atomic mass is 10.1. The highest BCUT2D eigenvalue weighted by Gasteiger charge is 2.21. The number of rotatable bonds is 5. The largest absolute Gasteiger partial charge is 0.348 e. The van der Waals surface area contributed by atoms with Gasteiger partial charge in [0.1, 0.15) is 11.3 Å². The molecule has 4 aromatic rings. The number of nitrogens with zero attached hydrogens (tertiary/aromatic N) is 5. The van der Waals surface area contributed by atoms with Gasteiger partial charge < -0.3 is 5.32 Å². The summed E-state index contributed by atoms with van der Waals surface area (Å²) >= 11 is 7.33. The predicted octanol–water partition coefficient (Wildman–Crippen LogP) is 4.97. The molecule has 0 amide bonds. The van der Waals surface area contributed by atoms with Crippen LogP contribution < -0.4 is 5.32 Å². The number of aromatic nitrogens is 4. The fourth-order valence-corrected chi connectivity index (χ4v) is 3.52. The van der Waals surface area contributed by atoms with Crippen molar-refractivity contribution in [1.82, 2.24) is 19.9 Å². The van der Waals surface area contributed by atoms with Gasteiger partial charge in [0.2, 0.25) is 11.0 Å². The van der Waals surface area contributed by atoms with Crippen molar-refractivity contribution < 1.29 is 4.92 Å². The van der Waals surface area contributed by atoms with Crippen LogP contribution in [0.3, 0.4) is 0 Å². The molecule has 0 aliphatic rings. The zero-order valence-corrected chi connectivity index (χ0v) is 15.7. The SMILES string of the molecule is O=[N+]([O-])c1c(Cl)ncnc1Nc1cccc(-c2csc(-c3ccccn3)n2)c1. The molecule has 8 nitrogen and oxygen atoms in total. The van der Waals surface area contributed by atoms with Crippen LogP contribution >= 0.6 is 22.9 Å². The number of pyridine rings is 1. The van der Waals surface area contributed by atoms with Crippen molar-refractivity contribution in [1.29, 1.82) is 0 Å². The van der Waals surface area contributed by atoms with Gasteiger partial charge in [-0.1, -0.05) is 29.8 Å². The fraction of sp³-hybridized carbons (Fsp3) is 0. The Bertz CT molecular complexity index is 1150. The highest BCUT2D eigenvalue weighted by Crippen LogP contribution is 2.33. The van der Waals surface area contributed by atoms with Crippen molar-refractivity contribution in [3.8, 4) is 22.0 Å². The number of hydrogen-bond donors (Lipinski definition) is 1. The van der Waals surface area contributed by atoms with Gasteiger partial charge in [-0.2, -0.15) is 0 Å². The quantitative estimate of drug-likeness (QED) is 0.281. The van der Waals surface area contributed by atoms with Crippen LogP contribution in [0.5, 0.6) is 0 Å². The van der Waals surface area contributed by atoms with E-state index in [2.05, 4.69) is 25.3 Å². The van der Waals surface area contributed by atoms with E-state index in [0.29, 0.717) is 5.69 Å². The van der Waals surface area contributed by atoms with Crippen LogP contribution in [0.1, 0.15) is 0 Å². The first-order valence-corrected chi connectivity index (χ1v) is 9.27. The Morgan fingerprint density at radius 3 is 2.75 bits per heavy atom. The first-order valence-electron chi connectivity index (χ1n) is 8.01. The topological polar surface area (TPSA) is 107 Å². The minimum atomic E-state index is -0.617. The summed E-state index contributed by atoms with van der Waals surface area (Å²) in [7, 11) is 0. The van der Waals surface area contributed by atoms with E-state index >= 15 is 0 Å². The Labute approximate surface area is 168 Å². The lowest BCUT2D eigenvalue weighted by Crippen LogP contribution is -2.01. The molecule has 0 aliphatic carbocycles. The average molecular weight is 411 g/mol. The molecule has 1 aromatic carbocycles. The van der Waals surface area contributed by atoms with Gasteiger partial charge in [0, 0.05) is 22.8 Å². The molecule has 4 rings (SSSR count). The number of benzene rings is 1. The predicted molar refractivity (Wildman–Crippen MR) is 108 cm³/mol. The maximum atomic E-state index is 11.2. The van der Waals surface area contributed by atoms with E-state index in [1.165, 1.54) is 17.7 Å². The molecule has 0 spiro atoms. The minimum Gasteiger partial charge on any atom is -0.334 e. The van der Waals surface area contributed by atoms with Crippen molar-refractivity contribution in [2.45, 2.75) is 0 Å². The molecule has 1 N–H and O–H groups in total. The molecule has 3 heterocycles. The van der Waals surface area contributed by atoms with Gasteiger partial charge in [0.05, 0.1) is 16.3 Å². The van der Waals surface area contributed by atoms with Crippen molar-refractivity contribution in [3.63, 3.8) is 0 Å². The minimum absolute atomic E-state index is 0.0228. The first kappa shape index (κ1) is 18.0. The molecule has 0 saturated carbocycles. The fourth-order valence-electron chi connectivity index (χ4n) is 2.52. The van der Waals surface area contributed by atoms with Crippen LogP contribution in [0, 0.1) is 10.1 Å². The zero-order chi connectivity index (χ0) is 19.5. The number of thiazole rings is 1. The summed E-state index contributed by atoms with van der Waals surface area (Å²) in [4.78, 5) is 27.2. The summed E-state index contributed by atoms with van der Waals surface area (Å²) < 4.78 is 0. The molecule has 0 atom stereocenters. The van der Waals surface area contributed by atoms with Gasteiger partial charge >= 0.3 is 5.69 Å². The summed E-state index contributed by atoms with van der Waals surface area (Å²) in [6.07, 6.45) is 2.89. The van der Waals surface area contributed by atoms with Crippen LogP contribution in [-0.4, -0.2) is 24.9 Å². The van der Waals surface area contributed by atoms with Crippen LogP contribution in [0.2, 0.25) is 5.15 Å². The molecular weight excluding hydrogens is 400 g/mol. The van der Waals surface area contributed by atoms with Gasteiger partial charge in [-0.05, 0) is 24.3 Å². The maximum absolute atomic E-state index is 11.2. The third kappa shape index (κ3) is 3.66. The molecule has 0 unspecified atom stereocenters. The zero-order valence-electron chi connectivity index (χ0n) is 14.1. The molecule has 0 radical (unpaired) electrons. The van der Waals surface area contributed by atoms with Gasteiger partial charge in [-0.15, -0.1) is 11.3 Å². The Balaban J connectivity index is 1.64. The first-order chi connectivity index (χ1) is 13.6. The molecule has 138 valence electrons. The lowest BCUT2D eigenvalue weighted by molar-refractivity contribution is -0.384. The van der Waals surface area contributed by atoms with Crippen molar-refractivity contribution >= 4 is 40.1 Å². The Morgan fingerprint density at radius 2 is 1.96 bits per heavy atom. The van der Waals surface area contributed by atoms with E-state index in [1.807, 2.05) is 41.8 Å². The standard InChI is InChI=1S/C18H11ClN6O2S/c19-16-15(25(26)27)17(22-10-21-16)23-12-5-3-4-11(8-12)14-9-28-18(24-14)13-6-1-2-7-20-13/h1-10H,(H,21,22,23). The van der Waals surface area contributed by atoms with E-state index in [9.17, 15) is 10.1 Å². The van der Waals surface area contributed by atoms with E-state index in [-0.39, 0.29) is 16.7 Å². The summed E-state index contributed by atoms with van der Waals surface area (Å²) in [6.45, 7) is 0. The highest BCUT2D eigenvalue weighted by molar-refractivity contribution is 7.13. The maximum Gasteiger partial charge on any atom is 0.348 e. The number of nitro groups is 1. The summed E-state index contributed by atoms with van der Waals surface area (Å²) in [5.41, 5.74) is 2.68. The van der Waals surface area contributed by atoms with Gasteiger partial charge in [-0.25, -0.2) is 15.0 Å². The lowest BCUT2D eigenvalue weighted by Gasteiger charge is -2.07. The molecule has 0 bridgehead atoms. The Morgan fingerprint density at radius 1 is 1.07 bits per heavy atom. The van der Waals surface area contributed by atoms with E-state index in [1.54, 1.807) is 12.3 Å². The number of halogens is 1. The van der Waals surface area contributed by atoms with Crippen LogP contribution in [-0.2, 0) is 0 Å².